The van der Waals surface area contributed by atoms with Gasteiger partial charge in [-0.2, -0.15) is 11.8 Å². The predicted molar refractivity (Wildman–Crippen MR) is 67.9 cm³/mol. The smallest absolute Gasteiger partial charge is 0.413 e. The van der Waals surface area contributed by atoms with Crippen LogP contribution in [-0.4, -0.2) is 34.2 Å². The summed E-state index contributed by atoms with van der Waals surface area (Å²) < 4.78 is 5.03. The zero-order valence-electron chi connectivity index (χ0n) is 9.59. The number of para-hydroxylation sites is 1. The van der Waals surface area contributed by atoms with Crippen LogP contribution in [0.3, 0.4) is 0 Å². The van der Waals surface area contributed by atoms with E-state index >= 15 is 0 Å². The highest BCUT2D eigenvalue weighted by Crippen LogP contribution is 2.28. The Hall–Kier alpha value is -1.69. The normalized spacial score (nSPS) is 22.4. The molecule has 1 amide bonds. The molecule has 18 heavy (non-hydrogen) atoms. The second-order valence-corrected chi connectivity index (χ2v) is 5.12. The van der Waals surface area contributed by atoms with Crippen LogP contribution in [0, 0.1) is 0 Å². The van der Waals surface area contributed by atoms with Crippen LogP contribution in [-0.2, 0) is 4.79 Å². The molecule has 0 aromatic heterocycles. The number of carbonyl (C=O) groups is 2. The Morgan fingerprint density at radius 2 is 2.06 bits per heavy atom. The van der Waals surface area contributed by atoms with E-state index in [4.69, 9.17) is 4.74 Å². The van der Waals surface area contributed by atoms with Gasteiger partial charge in [-0.05, 0) is 24.3 Å². The van der Waals surface area contributed by atoms with E-state index in [0.29, 0.717) is 17.9 Å². The number of nitrogens with one attached hydrogen (secondary N) is 1. The van der Waals surface area contributed by atoms with Gasteiger partial charge >= 0.3 is 12.1 Å². The molecule has 1 saturated heterocycles. The molecule has 1 aromatic rings. The van der Waals surface area contributed by atoms with E-state index in [-0.39, 0.29) is 0 Å². The van der Waals surface area contributed by atoms with Crippen molar-refractivity contribution in [1.82, 2.24) is 5.32 Å². The van der Waals surface area contributed by atoms with Gasteiger partial charge in [0.1, 0.15) is 5.75 Å². The molecule has 1 unspecified atom stereocenters. The molecule has 0 radical (unpaired) electrons. The first-order valence-electron chi connectivity index (χ1n) is 5.49. The third-order valence-corrected chi connectivity index (χ3v) is 3.92. The lowest BCUT2D eigenvalue weighted by Gasteiger charge is -2.23. The molecule has 0 spiro atoms. The number of rotatable bonds is 3. The lowest BCUT2D eigenvalue weighted by molar-refractivity contribution is -0.143. The summed E-state index contributed by atoms with van der Waals surface area (Å²) in [5.74, 6) is 0.461. The maximum absolute atomic E-state index is 11.7. The van der Waals surface area contributed by atoms with Gasteiger partial charge in [-0.1, -0.05) is 18.2 Å². The predicted octanol–water partition coefficient (Wildman–Crippen LogP) is 1.74. The zero-order chi connectivity index (χ0) is 13.0. The monoisotopic (exact) mass is 267 g/mol. The number of amides is 1. The van der Waals surface area contributed by atoms with Crippen molar-refractivity contribution < 1.29 is 19.4 Å². The van der Waals surface area contributed by atoms with Crippen LogP contribution in [0.4, 0.5) is 4.79 Å². The van der Waals surface area contributed by atoms with Gasteiger partial charge in [-0.15, -0.1) is 0 Å². The minimum atomic E-state index is -1.20. The molecule has 5 nitrogen and oxygen atoms in total. The van der Waals surface area contributed by atoms with Crippen LogP contribution >= 0.6 is 11.8 Å². The fourth-order valence-electron chi connectivity index (χ4n) is 1.70. The molecule has 0 bridgehead atoms. The van der Waals surface area contributed by atoms with Crippen LogP contribution in [0.5, 0.6) is 5.75 Å². The Balaban J connectivity index is 2.00. The lowest BCUT2D eigenvalue weighted by atomic mass is 10.00. The van der Waals surface area contributed by atoms with Crippen LogP contribution in [0.2, 0.25) is 0 Å². The zero-order valence-corrected chi connectivity index (χ0v) is 10.4. The molecule has 0 aliphatic carbocycles. The van der Waals surface area contributed by atoms with Gasteiger partial charge in [-0.3, -0.25) is 0 Å². The first-order chi connectivity index (χ1) is 8.62. The molecule has 2 N–H and O–H groups in total. The largest absolute Gasteiger partial charge is 0.479 e. The van der Waals surface area contributed by atoms with Crippen molar-refractivity contribution in [3.8, 4) is 5.75 Å². The van der Waals surface area contributed by atoms with E-state index in [2.05, 4.69) is 5.32 Å². The molecular formula is C12H13NO4S. The first-order valence-corrected chi connectivity index (χ1v) is 6.64. The van der Waals surface area contributed by atoms with Crippen molar-refractivity contribution >= 4 is 23.8 Å². The number of carbonyl (C=O) groups excluding carboxylic acids is 1. The van der Waals surface area contributed by atoms with Gasteiger partial charge in [0.15, 0.2) is 5.54 Å². The Labute approximate surface area is 109 Å². The summed E-state index contributed by atoms with van der Waals surface area (Å²) in [6.07, 6.45) is -0.317. The quantitative estimate of drug-likeness (QED) is 0.872. The van der Waals surface area contributed by atoms with E-state index in [1.54, 1.807) is 30.3 Å². The Morgan fingerprint density at radius 1 is 1.33 bits per heavy atom. The average Bonchev–Trinajstić information content (AvgIpc) is 2.80. The molecule has 1 aliphatic rings. The summed E-state index contributed by atoms with van der Waals surface area (Å²) in [6.45, 7) is 0. The van der Waals surface area contributed by atoms with Gasteiger partial charge in [0, 0.05) is 5.75 Å². The highest BCUT2D eigenvalue weighted by Gasteiger charge is 2.43. The molecule has 1 aromatic carbocycles. The molecule has 1 aliphatic heterocycles. The number of hydrogen-bond acceptors (Lipinski definition) is 4. The molecule has 2 rings (SSSR count). The number of ether oxygens (including phenoxy) is 1. The van der Waals surface area contributed by atoms with Crippen molar-refractivity contribution in [2.45, 2.75) is 12.0 Å². The van der Waals surface area contributed by atoms with Gasteiger partial charge in [0.2, 0.25) is 0 Å². The van der Waals surface area contributed by atoms with Crippen LogP contribution in [0.1, 0.15) is 6.42 Å². The number of carboxylic acids is 1. The number of carboxylic acid groups (broad SMARTS) is 1. The molecule has 1 heterocycles. The van der Waals surface area contributed by atoms with Crippen LogP contribution in [0.15, 0.2) is 30.3 Å². The van der Waals surface area contributed by atoms with Crippen LogP contribution < -0.4 is 10.1 Å². The van der Waals surface area contributed by atoms with Crippen molar-refractivity contribution in [3.05, 3.63) is 30.3 Å². The van der Waals surface area contributed by atoms with Gasteiger partial charge < -0.3 is 15.2 Å². The Morgan fingerprint density at radius 3 is 2.61 bits per heavy atom. The maximum atomic E-state index is 11.7. The van der Waals surface area contributed by atoms with Crippen molar-refractivity contribution in [1.29, 1.82) is 0 Å². The summed E-state index contributed by atoms with van der Waals surface area (Å²) in [7, 11) is 0. The number of hydrogen-bond donors (Lipinski definition) is 2. The minimum absolute atomic E-state index is 0.367. The average molecular weight is 267 g/mol. The van der Waals surface area contributed by atoms with Crippen LogP contribution in [0.25, 0.3) is 0 Å². The Kier molecular flexibility index (Phi) is 3.76. The van der Waals surface area contributed by atoms with Gasteiger partial charge in [0.25, 0.3) is 0 Å². The Bertz CT molecular complexity index is 443. The molecule has 1 fully saturated rings. The highest BCUT2D eigenvalue weighted by atomic mass is 32.2. The van der Waals surface area contributed by atoms with E-state index in [0.717, 1.165) is 5.75 Å². The van der Waals surface area contributed by atoms with Gasteiger partial charge in [0.05, 0.1) is 0 Å². The van der Waals surface area contributed by atoms with Gasteiger partial charge in [-0.25, -0.2) is 9.59 Å². The fourth-order valence-corrected chi connectivity index (χ4v) is 3.03. The van der Waals surface area contributed by atoms with Crippen molar-refractivity contribution in [3.63, 3.8) is 0 Å². The summed E-state index contributed by atoms with van der Waals surface area (Å²) in [6, 6.07) is 8.55. The standard InChI is InChI=1S/C12H13NO4S/c14-10(15)12(6-7-18-8-12)13-11(16)17-9-4-2-1-3-5-9/h1-5H,6-8H2,(H,13,16)(H,14,15). The topological polar surface area (TPSA) is 75.6 Å². The SMILES string of the molecule is O=C(NC1(C(=O)O)CCSC1)Oc1ccccc1. The molecular weight excluding hydrogens is 254 g/mol. The summed E-state index contributed by atoms with van der Waals surface area (Å²) in [5, 5.41) is 11.7. The lowest BCUT2D eigenvalue weighted by Crippen LogP contribution is -2.55. The van der Waals surface area contributed by atoms with E-state index in [1.807, 2.05) is 0 Å². The second-order valence-electron chi connectivity index (χ2n) is 4.02. The number of benzene rings is 1. The number of aliphatic carboxylic acids is 1. The molecule has 6 heteroatoms. The maximum Gasteiger partial charge on any atom is 0.413 e. The van der Waals surface area contributed by atoms with E-state index in [9.17, 15) is 14.7 Å². The molecule has 0 saturated carbocycles. The summed E-state index contributed by atoms with van der Waals surface area (Å²) in [4.78, 5) is 22.9. The summed E-state index contributed by atoms with van der Waals surface area (Å²) >= 11 is 1.51. The third kappa shape index (κ3) is 2.76. The summed E-state index contributed by atoms with van der Waals surface area (Å²) in [5.41, 5.74) is -1.20. The first kappa shape index (κ1) is 12.8. The van der Waals surface area contributed by atoms with E-state index < -0.39 is 17.6 Å². The minimum Gasteiger partial charge on any atom is -0.479 e. The number of thioether (sulfide) groups is 1. The van der Waals surface area contributed by atoms with E-state index in [1.165, 1.54) is 11.8 Å². The third-order valence-electron chi connectivity index (χ3n) is 2.73. The highest BCUT2D eigenvalue weighted by molar-refractivity contribution is 7.99. The van der Waals surface area contributed by atoms with Crippen molar-refractivity contribution in [2.75, 3.05) is 11.5 Å². The second kappa shape index (κ2) is 5.30. The molecule has 96 valence electrons. The fraction of sp³-hybridized carbons (Fsp3) is 0.333. The van der Waals surface area contributed by atoms with Crippen molar-refractivity contribution in [2.24, 2.45) is 0 Å². The molecule has 1 atom stereocenters.